The first-order chi connectivity index (χ1) is 14.6. The van der Waals surface area contributed by atoms with Crippen LogP contribution >= 0.6 is 0 Å². The highest BCUT2D eigenvalue weighted by atomic mass is 32.2. The van der Waals surface area contributed by atoms with Crippen molar-refractivity contribution in [3.63, 3.8) is 0 Å². The summed E-state index contributed by atoms with van der Waals surface area (Å²) < 4.78 is 50.8. The van der Waals surface area contributed by atoms with Gasteiger partial charge in [-0.2, -0.15) is 10.1 Å². The number of fused-ring (bicyclic) bond motifs is 1. The second-order valence-corrected chi connectivity index (χ2v) is 8.39. The monoisotopic (exact) mass is 445 g/mol. The number of nitrogens with one attached hydrogen (secondary N) is 2. The Labute approximate surface area is 176 Å². The van der Waals surface area contributed by atoms with E-state index >= 15 is 0 Å². The van der Waals surface area contributed by atoms with Crippen LogP contribution in [0, 0.1) is 18.6 Å². The van der Waals surface area contributed by atoms with Crippen LogP contribution in [0.3, 0.4) is 0 Å². The minimum absolute atomic E-state index is 0.0412. The first-order valence-corrected chi connectivity index (χ1v) is 10.5. The van der Waals surface area contributed by atoms with Gasteiger partial charge in [0.05, 0.1) is 4.90 Å². The highest BCUT2D eigenvalue weighted by Gasteiger charge is 2.18. The number of rotatable bonds is 5. The van der Waals surface area contributed by atoms with Crippen LogP contribution in [0.25, 0.3) is 10.9 Å². The van der Waals surface area contributed by atoms with Crippen molar-refractivity contribution in [2.24, 2.45) is 5.14 Å². The molecule has 0 aliphatic carbocycles. The molecule has 0 amide bonds. The molecule has 31 heavy (non-hydrogen) atoms. The van der Waals surface area contributed by atoms with E-state index in [0.717, 1.165) is 6.07 Å². The predicted octanol–water partition coefficient (Wildman–Crippen LogP) is 3.10. The van der Waals surface area contributed by atoms with Gasteiger partial charge >= 0.3 is 0 Å². The highest BCUT2D eigenvalue weighted by Crippen LogP contribution is 2.30. The van der Waals surface area contributed by atoms with E-state index in [-0.39, 0.29) is 16.4 Å². The number of H-pyrrole nitrogens is 1. The number of aromatic nitrogens is 4. The molecule has 0 radical (unpaired) electrons. The zero-order valence-electron chi connectivity index (χ0n) is 16.4. The maximum absolute atomic E-state index is 14.0. The molecule has 0 fully saturated rings. The Hall–Kier alpha value is -3.64. The minimum atomic E-state index is -3.88. The fraction of sp³-hybridized carbons (Fsp3) is 0.105. The molecule has 4 N–H and O–H groups in total. The summed E-state index contributed by atoms with van der Waals surface area (Å²) in [6.07, 6.45) is 1.49. The van der Waals surface area contributed by atoms with Crippen LogP contribution in [0.4, 0.5) is 32.1 Å². The summed E-state index contributed by atoms with van der Waals surface area (Å²) in [4.78, 5) is 10.1. The third kappa shape index (κ3) is 4.02. The molecule has 0 spiro atoms. The molecule has 0 bridgehead atoms. The number of benzene rings is 2. The number of nitrogens with zero attached hydrogens (tertiary/aromatic N) is 4. The van der Waals surface area contributed by atoms with E-state index in [2.05, 4.69) is 25.5 Å². The Bertz CT molecular complexity index is 1410. The van der Waals surface area contributed by atoms with Gasteiger partial charge in [-0.05, 0) is 48.9 Å². The molecule has 0 aliphatic heterocycles. The van der Waals surface area contributed by atoms with Crippen molar-refractivity contribution < 1.29 is 17.2 Å². The molecular formula is C19H17F2N7O2S. The van der Waals surface area contributed by atoms with Crippen LogP contribution in [0.15, 0.2) is 47.5 Å². The Morgan fingerprint density at radius 1 is 1.16 bits per heavy atom. The Morgan fingerprint density at radius 2 is 1.94 bits per heavy atom. The molecule has 0 saturated heterocycles. The van der Waals surface area contributed by atoms with Gasteiger partial charge in [-0.1, -0.05) is 0 Å². The number of primary sulfonamides is 1. The van der Waals surface area contributed by atoms with Crippen molar-refractivity contribution in [2.75, 3.05) is 17.3 Å². The third-order valence-corrected chi connectivity index (χ3v) is 5.44. The summed E-state index contributed by atoms with van der Waals surface area (Å²) in [5, 5.41) is 15.1. The van der Waals surface area contributed by atoms with Crippen LogP contribution in [-0.4, -0.2) is 35.6 Å². The average Bonchev–Trinajstić information content (AvgIpc) is 3.14. The molecule has 4 rings (SSSR count). The smallest absolute Gasteiger partial charge is 0.238 e. The molecule has 0 aliphatic rings. The molecular weight excluding hydrogens is 428 g/mol. The second-order valence-electron chi connectivity index (χ2n) is 6.83. The summed E-state index contributed by atoms with van der Waals surface area (Å²) in [7, 11) is -2.22. The van der Waals surface area contributed by atoms with Gasteiger partial charge in [-0.3, -0.25) is 5.10 Å². The van der Waals surface area contributed by atoms with Crippen molar-refractivity contribution in [1.29, 1.82) is 0 Å². The van der Waals surface area contributed by atoms with Crippen LogP contribution in [0.5, 0.6) is 0 Å². The maximum atomic E-state index is 14.0. The first kappa shape index (κ1) is 20.6. The lowest BCUT2D eigenvalue weighted by Gasteiger charge is -2.16. The van der Waals surface area contributed by atoms with Crippen molar-refractivity contribution in [3.8, 4) is 0 Å². The van der Waals surface area contributed by atoms with E-state index in [4.69, 9.17) is 5.14 Å². The number of anilines is 4. The Morgan fingerprint density at radius 3 is 2.68 bits per heavy atom. The number of sulfonamides is 1. The molecule has 12 heteroatoms. The molecule has 0 saturated carbocycles. The number of hydrogen-bond donors (Lipinski definition) is 3. The molecule has 160 valence electrons. The lowest BCUT2D eigenvalue weighted by atomic mass is 10.2. The second kappa shape index (κ2) is 7.56. The molecule has 2 heterocycles. The molecule has 4 aromatic rings. The number of aryl methyl sites for hydroxylation is 1. The molecule has 2 aromatic heterocycles. The van der Waals surface area contributed by atoms with Gasteiger partial charge in [-0.15, -0.1) is 0 Å². The summed E-state index contributed by atoms with van der Waals surface area (Å²) in [6, 6.07) is 8.60. The van der Waals surface area contributed by atoms with Gasteiger partial charge in [0, 0.05) is 24.3 Å². The third-order valence-electron chi connectivity index (χ3n) is 4.55. The van der Waals surface area contributed by atoms with Crippen molar-refractivity contribution in [2.45, 2.75) is 11.8 Å². The van der Waals surface area contributed by atoms with E-state index in [1.54, 1.807) is 31.0 Å². The van der Waals surface area contributed by atoms with Gasteiger partial charge in [-0.25, -0.2) is 27.3 Å². The number of halogens is 2. The standard InChI is InChI=1S/C19H17F2N7O2S/c1-10-7-11(9-12(8-10)31(22,29)30)24-19-23-6-5-15(25-19)28(2)18-13-3-4-14(20)16(21)17(13)26-27-18/h3-9H,1-2H3,(H,26,27)(H2,22,29,30)(H,23,24,25). The summed E-state index contributed by atoms with van der Waals surface area (Å²) >= 11 is 0. The van der Waals surface area contributed by atoms with Crippen LogP contribution in [-0.2, 0) is 10.0 Å². The van der Waals surface area contributed by atoms with Crippen LogP contribution in [0.1, 0.15) is 5.56 Å². The normalized spacial score (nSPS) is 11.6. The van der Waals surface area contributed by atoms with Crippen molar-refractivity contribution in [1.82, 2.24) is 20.2 Å². The largest absolute Gasteiger partial charge is 0.324 e. The van der Waals surface area contributed by atoms with E-state index in [9.17, 15) is 17.2 Å². The zero-order chi connectivity index (χ0) is 22.3. The average molecular weight is 445 g/mol. The van der Waals surface area contributed by atoms with Crippen molar-refractivity contribution in [3.05, 3.63) is 59.8 Å². The van der Waals surface area contributed by atoms with Gasteiger partial charge in [0.25, 0.3) is 0 Å². The number of hydrogen-bond acceptors (Lipinski definition) is 7. The van der Waals surface area contributed by atoms with Crippen molar-refractivity contribution >= 4 is 44.2 Å². The topological polar surface area (TPSA) is 130 Å². The zero-order valence-corrected chi connectivity index (χ0v) is 17.2. The summed E-state index contributed by atoms with van der Waals surface area (Å²) in [5.41, 5.74) is 1.07. The van der Waals surface area contributed by atoms with E-state index < -0.39 is 21.7 Å². The van der Waals surface area contributed by atoms with Crippen LogP contribution < -0.4 is 15.4 Å². The van der Waals surface area contributed by atoms with Gasteiger partial charge in [0.15, 0.2) is 17.5 Å². The van der Waals surface area contributed by atoms with E-state index in [0.29, 0.717) is 28.3 Å². The lowest BCUT2D eigenvalue weighted by Crippen LogP contribution is -2.14. The predicted molar refractivity (Wildman–Crippen MR) is 112 cm³/mol. The Balaban J connectivity index is 1.67. The minimum Gasteiger partial charge on any atom is -0.324 e. The lowest BCUT2D eigenvalue weighted by molar-refractivity contribution is 0.515. The van der Waals surface area contributed by atoms with Gasteiger partial charge in [0.2, 0.25) is 16.0 Å². The molecule has 9 nitrogen and oxygen atoms in total. The van der Waals surface area contributed by atoms with Gasteiger partial charge in [0.1, 0.15) is 11.3 Å². The molecule has 0 unspecified atom stereocenters. The van der Waals surface area contributed by atoms with E-state index in [1.165, 1.54) is 24.4 Å². The SMILES string of the molecule is Cc1cc(Nc2nccc(N(C)c3n[nH]c4c(F)c(F)ccc34)n2)cc(S(N)(=O)=O)c1. The first-order valence-electron chi connectivity index (χ1n) is 8.94. The highest BCUT2D eigenvalue weighted by molar-refractivity contribution is 7.89. The quantitative estimate of drug-likeness (QED) is 0.430. The number of aromatic amines is 1. The maximum Gasteiger partial charge on any atom is 0.238 e. The number of nitrogens with two attached hydrogens (primary N) is 1. The fourth-order valence-electron chi connectivity index (χ4n) is 3.09. The summed E-state index contributed by atoms with van der Waals surface area (Å²) in [5.74, 6) is -1.05. The molecule has 0 atom stereocenters. The summed E-state index contributed by atoms with van der Waals surface area (Å²) in [6.45, 7) is 1.73. The Kier molecular flexibility index (Phi) is 5.03. The van der Waals surface area contributed by atoms with Gasteiger partial charge < -0.3 is 10.2 Å². The molecule has 2 aromatic carbocycles. The fourth-order valence-corrected chi connectivity index (χ4v) is 3.73. The van der Waals surface area contributed by atoms with Crippen LogP contribution in [0.2, 0.25) is 0 Å². The van der Waals surface area contributed by atoms with E-state index in [1.807, 2.05) is 0 Å².